The monoisotopic (exact) mass is 577 g/mol. The number of carbonyl (C=O) groups excluding carboxylic acids is 2. The maximum atomic E-state index is 13.8. The summed E-state index contributed by atoms with van der Waals surface area (Å²) in [7, 11) is -2.67. The molecule has 1 N–H and O–H groups in total. The largest absolute Gasteiger partial charge is 0.497 e. The van der Waals surface area contributed by atoms with Gasteiger partial charge in [0.15, 0.2) is 0 Å². The summed E-state index contributed by atoms with van der Waals surface area (Å²) >= 11 is 12.4. The van der Waals surface area contributed by atoms with E-state index >= 15 is 0 Å². The van der Waals surface area contributed by atoms with Crippen LogP contribution in [0.2, 0.25) is 10.0 Å². The minimum absolute atomic E-state index is 0.0164. The van der Waals surface area contributed by atoms with Gasteiger partial charge in [-0.15, -0.1) is 0 Å². The Morgan fingerprint density at radius 2 is 1.66 bits per heavy atom. The SMILES string of the molecule is CCNC(=O)[C@H](C)N(Cc1ccc(OC)cc1)C(=O)CN(c1ccc(Cl)cc1Cl)S(=O)(=O)c1ccccc1. The fourth-order valence-electron chi connectivity index (χ4n) is 3.75. The van der Waals surface area contributed by atoms with Gasteiger partial charge in [0.1, 0.15) is 18.3 Å². The Balaban J connectivity index is 2.04. The van der Waals surface area contributed by atoms with E-state index in [1.807, 2.05) is 0 Å². The number of carbonyl (C=O) groups is 2. The highest BCUT2D eigenvalue weighted by Gasteiger charge is 2.33. The molecule has 38 heavy (non-hydrogen) atoms. The molecule has 0 aliphatic heterocycles. The minimum Gasteiger partial charge on any atom is -0.497 e. The fraction of sp³-hybridized carbons (Fsp3) is 0.259. The summed E-state index contributed by atoms with van der Waals surface area (Å²) < 4.78 is 33.6. The number of rotatable bonds is 11. The van der Waals surface area contributed by atoms with Crippen molar-refractivity contribution in [1.29, 1.82) is 0 Å². The van der Waals surface area contributed by atoms with Gasteiger partial charge in [0.05, 0.1) is 22.7 Å². The Morgan fingerprint density at radius 1 is 1.00 bits per heavy atom. The summed E-state index contributed by atoms with van der Waals surface area (Å²) in [5.74, 6) is -0.317. The number of likely N-dealkylation sites (N-methyl/N-ethyl adjacent to an activating group) is 1. The van der Waals surface area contributed by atoms with Crippen LogP contribution >= 0.6 is 23.2 Å². The van der Waals surface area contributed by atoms with E-state index in [9.17, 15) is 18.0 Å². The lowest BCUT2D eigenvalue weighted by Crippen LogP contribution is -2.51. The molecule has 202 valence electrons. The van der Waals surface area contributed by atoms with Crippen molar-refractivity contribution in [2.24, 2.45) is 0 Å². The van der Waals surface area contributed by atoms with Crippen molar-refractivity contribution >= 4 is 50.7 Å². The summed E-state index contributed by atoms with van der Waals surface area (Å²) in [6, 6.07) is 18.2. The molecule has 0 aliphatic rings. The summed E-state index contributed by atoms with van der Waals surface area (Å²) in [6.07, 6.45) is 0. The first-order valence-corrected chi connectivity index (χ1v) is 14.0. The van der Waals surface area contributed by atoms with E-state index in [0.29, 0.717) is 17.3 Å². The zero-order valence-electron chi connectivity index (χ0n) is 21.2. The van der Waals surface area contributed by atoms with E-state index in [1.165, 1.54) is 35.2 Å². The number of halogens is 2. The average Bonchev–Trinajstić information content (AvgIpc) is 2.91. The predicted octanol–water partition coefficient (Wildman–Crippen LogP) is 4.75. The van der Waals surface area contributed by atoms with Gasteiger partial charge in [-0.3, -0.25) is 13.9 Å². The lowest BCUT2D eigenvalue weighted by Gasteiger charge is -2.32. The van der Waals surface area contributed by atoms with Gasteiger partial charge in [-0.25, -0.2) is 8.42 Å². The van der Waals surface area contributed by atoms with E-state index in [-0.39, 0.29) is 28.1 Å². The number of nitrogens with one attached hydrogen (secondary N) is 1. The van der Waals surface area contributed by atoms with Crippen LogP contribution in [0.5, 0.6) is 5.75 Å². The van der Waals surface area contributed by atoms with Crippen LogP contribution in [-0.4, -0.2) is 51.4 Å². The van der Waals surface area contributed by atoms with Crippen LogP contribution in [0.25, 0.3) is 0 Å². The van der Waals surface area contributed by atoms with E-state index in [2.05, 4.69) is 5.32 Å². The summed E-state index contributed by atoms with van der Waals surface area (Å²) in [6.45, 7) is 3.21. The second kappa shape index (κ2) is 13.0. The number of nitrogens with zero attached hydrogens (tertiary/aromatic N) is 2. The smallest absolute Gasteiger partial charge is 0.264 e. The van der Waals surface area contributed by atoms with Crippen molar-refractivity contribution in [2.45, 2.75) is 31.3 Å². The molecule has 2 amide bonds. The predicted molar refractivity (Wildman–Crippen MR) is 149 cm³/mol. The number of ether oxygens (including phenoxy) is 1. The van der Waals surface area contributed by atoms with Crippen LogP contribution in [0.3, 0.4) is 0 Å². The first-order valence-electron chi connectivity index (χ1n) is 11.8. The third kappa shape index (κ3) is 6.98. The standard InChI is InChI=1S/C27H29Cl2N3O5S/c1-4-30-27(34)19(2)31(17-20-10-13-22(37-3)14-11-20)26(33)18-32(25-15-12-21(28)16-24(25)29)38(35,36)23-8-6-5-7-9-23/h5-16,19H,4,17-18H2,1-3H3,(H,30,34)/t19-/m0/s1. The lowest BCUT2D eigenvalue weighted by molar-refractivity contribution is -0.139. The van der Waals surface area contributed by atoms with Gasteiger partial charge in [0, 0.05) is 18.1 Å². The van der Waals surface area contributed by atoms with Gasteiger partial charge in [0.25, 0.3) is 10.0 Å². The van der Waals surface area contributed by atoms with Gasteiger partial charge < -0.3 is 15.0 Å². The molecule has 0 bridgehead atoms. The number of methoxy groups -OCH3 is 1. The maximum Gasteiger partial charge on any atom is 0.264 e. The van der Waals surface area contributed by atoms with Gasteiger partial charge in [0.2, 0.25) is 11.8 Å². The van der Waals surface area contributed by atoms with Crippen LogP contribution in [0.1, 0.15) is 19.4 Å². The third-order valence-corrected chi connectivity index (χ3v) is 8.13. The number of amides is 2. The molecule has 0 unspecified atom stereocenters. The maximum absolute atomic E-state index is 13.8. The lowest BCUT2D eigenvalue weighted by atomic mass is 10.1. The molecule has 0 aliphatic carbocycles. The number of hydrogen-bond donors (Lipinski definition) is 1. The molecule has 8 nitrogen and oxygen atoms in total. The Hall–Kier alpha value is -3.27. The Bertz CT molecular complexity index is 1370. The molecule has 0 saturated carbocycles. The summed E-state index contributed by atoms with van der Waals surface area (Å²) in [5.41, 5.74) is 0.820. The fourth-order valence-corrected chi connectivity index (χ4v) is 5.76. The first-order chi connectivity index (χ1) is 18.1. The van der Waals surface area contributed by atoms with Gasteiger partial charge >= 0.3 is 0 Å². The Labute approximate surface area is 233 Å². The van der Waals surface area contributed by atoms with E-state index in [1.54, 1.807) is 63.4 Å². The highest BCUT2D eigenvalue weighted by atomic mass is 35.5. The summed E-state index contributed by atoms with van der Waals surface area (Å²) in [5, 5.41) is 3.09. The molecule has 0 aromatic heterocycles. The van der Waals surface area contributed by atoms with E-state index in [4.69, 9.17) is 27.9 Å². The average molecular weight is 579 g/mol. The van der Waals surface area contributed by atoms with Crippen LogP contribution in [0.15, 0.2) is 77.7 Å². The molecule has 3 rings (SSSR count). The van der Waals surface area contributed by atoms with Crippen molar-refractivity contribution < 1.29 is 22.7 Å². The van der Waals surface area contributed by atoms with E-state index < -0.39 is 28.5 Å². The first kappa shape index (κ1) is 29.3. The van der Waals surface area contributed by atoms with Crippen molar-refractivity contribution in [3.05, 3.63) is 88.4 Å². The Kier molecular flexibility index (Phi) is 10.0. The van der Waals surface area contributed by atoms with Crippen molar-refractivity contribution in [3.8, 4) is 5.75 Å². The van der Waals surface area contributed by atoms with Crippen LogP contribution in [0.4, 0.5) is 5.69 Å². The van der Waals surface area contributed by atoms with Crippen LogP contribution in [0, 0.1) is 0 Å². The van der Waals surface area contributed by atoms with Crippen LogP contribution in [-0.2, 0) is 26.2 Å². The Morgan fingerprint density at radius 3 is 2.24 bits per heavy atom. The molecular formula is C27H29Cl2N3O5S. The van der Waals surface area contributed by atoms with Gasteiger partial charge in [-0.2, -0.15) is 0 Å². The minimum atomic E-state index is -4.21. The molecule has 3 aromatic rings. The molecule has 0 heterocycles. The molecule has 0 spiro atoms. The van der Waals surface area contributed by atoms with Crippen LogP contribution < -0.4 is 14.4 Å². The van der Waals surface area contributed by atoms with Crippen molar-refractivity contribution in [1.82, 2.24) is 10.2 Å². The highest BCUT2D eigenvalue weighted by molar-refractivity contribution is 7.92. The molecule has 0 saturated heterocycles. The quantitative estimate of drug-likeness (QED) is 0.354. The highest BCUT2D eigenvalue weighted by Crippen LogP contribution is 2.33. The number of benzene rings is 3. The second-order valence-electron chi connectivity index (χ2n) is 8.36. The second-order valence-corrected chi connectivity index (χ2v) is 11.1. The van der Waals surface area contributed by atoms with E-state index in [0.717, 1.165) is 9.87 Å². The van der Waals surface area contributed by atoms with Crippen molar-refractivity contribution in [2.75, 3.05) is 24.5 Å². The molecule has 11 heteroatoms. The molecule has 1 atom stereocenters. The van der Waals surface area contributed by atoms with Gasteiger partial charge in [-0.05, 0) is 61.9 Å². The zero-order valence-corrected chi connectivity index (χ0v) is 23.6. The van der Waals surface area contributed by atoms with Gasteiger partial charge in [-0.1, -0.05) is 53.5 Å². The zero-order chi connectivity index (χ0) is 27.9. The number of anilines is 1. The van der Waals surface area contributed by atoms with Crippen molar-refractivity contribution in [3.63, 3.8) is 0 Å². The number of hydrogen-bond acceptors (Lipinski definition) is 5. The normalized spacial score (nSPS) is 11.9. The summed E-state index contributed by atoms with van der Waals surface area (Å²) in [4.78, 5) is 27.9. The molecule has 0 radical (unpaired) electrons. The molecule has 0 fully saturated rings. The molecule has 3 aromatic carbocycles. The third-order valence-electron chi connectivity index (χ3n) is 5.82. The topological polar surface area (TPSA) is 96.0 Å². The number of sulfonamides is 1. The molecular weight excluding hydrogens is 549 g/mol.